The third-order valence-electron chi connectivity index (χ3n) is 3.57. The Morgan fingerprint density at radius 1 is 1.48 bits per heavy atom. The van der Waals surface area contributed by atoms with Crippen molar-refractivity contribution < 1.29 is 23.0 Å². The van der Waals surface area contributed by atoms with Crippen LogP contribution in [-0.2, 0) is 21.4 Å². The molecule has 2 N–H and O–H groups in total. The molecule has 1 aliphatic heterocycles. The maximum absolute atomic E-state index is 12.3. The van der Waals surface area contributed by atoms with E-state index >= 15 is 0 Å². The van der Waals surface area contributed by atoms with Crippen molar-refractivity contribution in [3.05, 3.63) is 23.8 Å². The van der Waals surface area contributed by atoms with Crippen LogP contribution in [0.2, 0.25) is 0 Å². The van der Waals surface area contributed by atoms with Crippen LogP contribution in [0.5, 0.6) is 5.75 Å². The number of rotatable bonds is 7. The molecule has 7 heteroatoms. The molecular formula is C14H21NO5S. The molecule has 0 aromatic heterocycles. The van der Waals surface area contributed by atoms with Gasteiger partial charge in [0.25, 0.3) is 0 Å². The predicted octanol–water partition coefficient (Wildman–Crippen LogP) is 0.892. The molecule has 1 unspecified atom stereocenters. The van der Waals surface area contributed by atoms with E-state index in [9.17, 15) is 8.42 Å². The fraction of sp³-hybridized carbons (Fsp3) is 0.571. The Labute approximate surface area is 125 Å². The number of ether oxygens (including phenoxy) is 2. The second-order valence-corrected chi connectivity index (χ2v) is 6.79. The molecule has 1 aromatic carbocycles. The Balaban J connectivity index is 2.04. The molecule has 6 nitrogen and oxygen atoms in total. The van der Waals surface area contributed by atoms with Crippen molar-refractivity contribution in [3.63, 3.8) is 0 Å². The standard InChI is InChI=1S/C14H21NO5S/c1-19-13-8-12(9-16)2-3-14(13)21(17,18)15-6-4-11-5-7-20-10-11/h2-3,8,11,15-16H,4-7,9-10H2,1H3. The Morgan fingerprint density at radius 2 is 2.29 bits per heavy atom. The lowest BCUT2D eigenvalue weighted by Gasteiger charge is -2.13. The van der Waals surface area contributed by atoms with Crippen LogP contribution >= 0.6 is 0 Å². The van der Waals surface area contributed by atoms with E-state index in [1.807, 2.05) is 0 Å². The van der Waals surface area contributed by atoms with Crippen molar-refractivity contribution in [2.45, 2.75) is 24.3 Å². The van der Waals surface area contributed by atoms with Crippen LogP contribution in [0.4, 0.5) is 0 Å². The third kappa shape index (κ3) is 4.16. The Kier molecular flexibility index (Phi) is 5.58. The average Bonchev–Trinajstić information content (AvgIpc) is 2.99. The molecule has 1 saturated heterocycles. The van der Waals surface area contributed by atoms with Gasteiger partial charge in [-0.25, -0.2) is 13.1 Å². The number of benzene rings is 1. The highest BCUT2D eigenvalue weighted by molar-refractivity contribution is 7.89. The number of aliphatic hydroxyl groups is 1. The molecule has 1 heterocycles. The molecule has 2 rings (SSSR count). The molecule has 1 fully saturated rings. The maximum atomic E-state index is 12.3. The minimum atomic E-state index is -3.62. The van der Waals surface area contributed by atoms with Gasteiger partial charge in [-0.2, -0.15) is 0 Å². The van der Waals surface area contributed by atoms with E-state index in [0.717, 1.165) is 19.4 Å². The quantitative estimate of drug-likeness (QED) is 0.780. The molecule has 0 radical (unpaired) electrons. The smallest absolute Gasteiger partial charge is 0.244 e. The Hall–Kier alpha value is -1.15. The lowest BCUT2D eigenvalue weighted by Crippen LogP contribution is -2.26. The van der Waals surface area contributed by atoms with Gasteiger partial charge in [0.1, 0.15) is 10.6 Å². The number of sulfonamides is 1. The monoisotopic (exact) mass is 315 g/mol. The topological polar surface area (TPSA) is 84.9 Å². The summed E-state index contributed by atoms with van der Waals surface area (Å²) >= 11 is 0. The molecule has 21 heavy (non-hydrogen) atoms. The van der Waals surface area contributed by atoms with Crippen molar-refractivity contribution in [2.24, 2.45) is 5.92 Å². The van der Waals surface area contributed by atoms with Crippen molar-refractivity contribution in [3.8, 4) is 5.75 Å². The second-order valence-electron chi connectivity index (χ2n) is 5.06. The molecule has 0 spiro atoms. The van der Waals surface area contributed by atoms with Crippen LogP contribution in [0.25, 0.3) is 0 Å². The second kappa shape index (κ2) is 7.22. The molecule has 118 valence electrons. The summed E-state index contributed by atoms with van der Waals surface area (Å²) in [7, 11) is -2.21. The summed E-state index contributed by atoms with van der Waals surface area (Å²) in [5.41, 5.74) is 0.605. The zero-order valence-corrected chi connectivity index (χ0v) is 12.9. The summed E-state index contributed by atoms with van der Waals surface area (Å²) in [5, 5.41) is 9.08. The molecule has 1 aliphatic rings. The van der Waals surface area contributed by atoms with Crippen LogP contribution in [-0.4, -0.2) is 40.4 Å². The van der Waals surface area contributed by atoms with Gasteiger partial charge in [0.15, 0.2) is 0 Å². The molecular weight excluding hydrogens is 294 g/mol. The molecule has 1 aromatic rings. The van der Waals surface area contributed by atoms with Gasteiger partial charge >= 0.3 is 0 Å². The zero-order valence-electron chi connectivity index (χ0n) is 12.0. The first-order valence-electron chi connectivity index (χ1n) is 6.92. The predicted molar refractivity (Wildman–Crippen MR) is 77.6 cm³/mol. The third-order valence-corrected chi connectivity index (χ3v) is 5.07. The summed E-state index contributed by atoms with van der Waals surface area (Å²) < 4.78 is 37.6. The summed E-state index contributed by atoms with van der Waals surface area (Å²) in [6.07, 6.45) is 1.74. The highest BCUT2D eigenvalue weighted by Gasteiger charge is 2.21. The van der Waals surface area contributed by atoms with Crippen molar-refractivity contribution in [1.82, 2.24) is 4.72 Å². The van der Waals surface area contributed by atoms with Crippen molar-refractivity contribution in [1.29, 1.82) is 0 Å². The fourth-order valence-electron chi connectivity index (χ4n) is 2.32. The van der Waals surface area contributed by atoms with E-state index in [4.69, 9.17) is 14.6 Å². The van der Waals surface area contributed by atoms with Crippen molar-refractivity contribution in [2.75, 3.05) is 26.9 Å². The number of hydrogen-bond donors (Lipinski definition) is 2. The maximum Gasteiger partial charge on any atom is 0.244 e. The summed E-state index contributed by atoms with van der Waals surface area (Å²) in [6.45, 7) is 1.68. The van der Waals surface area contributed by atoms with Gasteiger partial charge in [0, 0.05) is 19.8 Å². The lowest BCUT2D eigenvalue weighted by molar-refractivity contribution is 0.184. The molecule has 0 amide bonds. The first-order valence-corrected chi connectivity index (χ1v) is 8.40. The van der Waals surface area contributed by atoms with Crippen LogP contribution in [0, 0.1) is 5.92 Å². The highest BCUT2D eigenvalue weighted by Crippen LogP contribution is 2.25. The number of methoxy groups -OCH3 is 1. The number of nitrogens with one attached hydrogen (secondary N) is 1. The van der Waals surface area contributed by atoms with E-state index < -0.39 is 10.0 Å². The van der Waals surface area contributed by atoms with Gasteiger partial charge in [-0.3, -0.25) is 0 Å². The summed E-state index contributed by atoms with van der Waals surface area (Å²) in [6, 6.07) is 4.55. The van der Waals surface area contributed by atoms with Gasteiger partial charge in [-0.15, -0.1) is 0 Å². The fourth-order valence-corrected chi connectivity index (χ4v) is 3.51. The van der Waals surface area contributed by atoms with Crippen LogP contribution < -0.4 is 9.46 Å². The van der Waals surface area contributed by atoms with Crippen LogP contribution in [0.1, 0.15) is 18.4 Å². The lowest BCUT2D eigenvalue weighted by atomic mass is 10.1. The summed E-state index contributed by atoms with van der Waals surface area (Å²) in [4.78, 5) is 0.0878. The van der Waals surface area contributed by atoms with Gasteiger partial charge in [-0.05, 0) is 36.5 Å². The molecule has 0 saturated carbocycles. The van der Waals surface area contributed by atoms with E-state index in [2.05, 4.69) is 4.72 Å². The molecule has 1 atom stereocenters. The van der Waals surface area contributed by atoms with E-state index in [1.165, 1.54) is 19.2 Å². The van der Waals surface area contributed by atoms with E-state index in [-0.39, 0.29) is 17.3 Å². The Bertz CT molecular complexity index is 567. The van der Waals surface area contributed by atoms with Gasteiger partial charge < -0.3 is 14.6 Å². The largest absolute Gasteiger partial charge is 0.495 e. The van der Waals surface area contributed by atoms with Gasteiger partial charge in [0.05, 0.1) is 13.7 Å². The van der Waals surface area contributed by atoms with Gasteiger partial charge in [0.2, 0.25) is 10.0 Å². The molecule has 0 aliphatic carbocycles. The first-order chi connectivity index (χ1) is 10.1. The van der Waals surface area contributed by atoms with Crippen LogP contribution in [0.3, 0.4) is 0 Å². The SMILES string of the molecule is COc1cc(CO)ccc1S(=O)(=O)NCCC1CCOC1. The number of aliphatic hydroxyl groups excluding tert-OH is 1. The zero-order chi connectivity index (χ0) is 15.3. The average molecular weight is 315 g/mol. The van der Waals surface area contributed by atoms with E-state index in [0.29, 0.717) is 24.6 Å². The van der Waals surface area contributed by atoms with Crippen LogP contribution in [0.15, 0.2) is 23.1 Å². The minimum absolute atomic E-state index is 0.0878. The van der Waals surface area contributed by atoms with Crippen molar-refractivity contribution >= 4 is 10.0 Å². The van der Waals surface area contributed by atoms with Gasteiger partial charge in [-0.1, -0.05) is 6.07 Å². The first kappa shape index (κ1) is 16.2. The normalized spacial score (nSPS) is 18.9. The Morgan fingerprint density at radius 3 is 2.90 bits per heavy atom. The van der Waals surface area contributed by atoms with E-state index in [1.54, 1.807) is 6.07 Å². The molecule has 0 bridgehead atoms. The summed E-state index contributed by atoms with van der Waals surface area (Å²) in [5.74, 6) is 0.657. The highest BCUT2D eigenvalue weighted by atomic mass is 32.2. The number of hydrogen-bond acceptors (Lipinski definition) is 5. The minimum Gasteiger partial charge on any atom is -0.495 e.